The van der Waals surface area contributed by atoms with Crippen LogP contribution < -0.4 is 15.4 Å². The highest BCUT2D eigenvalue weighted by molar-refractivity contribution is 14.0. The third kappa shape index (κ3) is 5.47. The molecule has 146 valence electrons. The number of guanidine groups is 1. The van der Waals surface area contributed by atoms with Crippen LogP contribution in [0.2, 0.25) is 0 Å². The van der Waals surface area contributed by atoms with Gasteiger partial charge in [-0.05, 0) is 37.9 Å². The maximum absolute atomic E-state index is 5.99. The molecule has 2 heterocycles. The lowest BCUT2D eigenvalue weighted by Gasteiger charge is -2.35. The first kappa shape index (κ1) is 21.2. The molecule has 0 aliphatic carbocycles. The van der Waals surface area contributed by atoms with Gasteiger partial charge < -0.3 is 20.1 Å². The lowest BCUT2D eigenvalue weighted by Crippen LogP contribution is -2.51. The maximum Gasteiger partial charge on any atom is 0.191 e. The van der Waals surface area contributed by atoms with Crippen LogP contribution in [-0.4, -0.2) is 63.4 Å². The Labute approximate surface area is 173 Å². The number of nitrogens with zero attached hydrogens (tertiary/aromatic N) is 2. The first-order chi connectivity index (χ1) is 12.2. The minimum Gasteiger partial charge on any atom is -0.496 e. The van der Waals surface area contributed by atoms with Gasteiger partial charge in [0.25, 0.3) is 0 Å². The van der Waals surface area contributed by atoms with E-state index in [0.717, 1.165) is 37.0 Å². The molecule has 6 nitrogen and oxygen atoms in total. The Kier molecular flexibility index (Phi) is 8.43. The second kappa shape index (κ2) is 10.3. The van der Waals surface area contributed by atoms with Crippen LogP contribution in [-0.2, 0) is 11.3 Å². The molecule has 1 aromatic carbocycles. The number of aryl methyl sites for hydroxylation is 1. The standard InChI is InChI=1S/C19H30N4O2.HI/c1-14-6-7-15(18(9-14)24-3)10-21-19(20-2)22-11-17-12-23-8-4-5-16(23)13-25-17;/h6-7,9,16-17H,4-5,8,10-13H2,1-3H3,(H2,20,21,22);1H. The zero-order valence-corrected chi connectivity index (χ0v) is 18.3. The van der Waals surface area contributed by atoms with Crippen LogP contribution in [0.5, 0.6) is 5.75 Å². The predicted octanol–water partition coefficient (Wildman–Crippen LogP) is 2.15. The molecule has 0 amide bonds. The van der Waals surface area contributed by atoms with Crippen molar-refractivity contribution in [1.29, 1.82) is 0 Å². The van der Waals surface area contributed by atoms with Crippen molar-refractivity contribution in [2.24, 2.45) is 4.99 Å². The SMILES string of the molecule is CN=C(NCc1ccc(C)cc1OC)NCC1CN2CCCC2CO1.I. The predicted molar refractivity (Wildman–Crippen MR) is 116 cm³/mol. The number of aliphatic imine (C=N–C) groups is 1. The zero-order chi connectivity index (χ0) is 17.6. The second-order valence-electron chi connectivity index (χ2n) is 6.87. The van der Waals surface area contributed by atoms with E-state index < -0.39 is 0 Å². The van der Waals surface area contributed by atoms with Gasteiger partial charge in [0.15, 0.2) is 5.96 Å². The Morgan fingerprint density at radius 3 is 3.00 bits per heavy atom. The summed E-state index contributed by atoms with van der Waals surface area (Å²) in [6, 6.07) is 6.88. The van der Waals surface area contributed by atoms with Crippen LogP contribution in [0.1, 0.15) is 24.0 Å². The highest BCUT2D eigenvalue weighted by Gasteiger charge is 2.32. The molecule has 0 aromatic heterocycles. The van der Waals surface area contributed by atoms with Gasteiger partial charge in [0, 0.05) is 38.3 Å². The molecule has 2 atom stereocenters. The number of hydrogen-bond acceptors (Lipinski definition) is 4. The molecule has 26 heavy (non-hydrogen) atoms. The van der Waals surface area contributed by atoms with Gasteiger partial charge in [0.05, 0.1) is 19.8 Å². The van der Waals surface area contributed by atoms with E-state index in [2.05, 4.69) is 45.6 Å². The number of hydrogen-bond donors (Lipinski definition) is 2. The largest absolute Gasteiger partial charge is 0.496 e. The third-order valence-corrected chi connectivity index (χ3v) is 5.07. The van der Waals surface area contributed by atoms with Crippen LogP contribution >= 0.6 is 24.0 Å². The van der Waals surface area contributed by atoms with E-state index in [9.17, 15) is 0 Å². The van der Waals surface area contributed by atoms with Gasteiger partial charge in [-0.15, -0.1) is 24.0 Å². The fraction of sp³-hybridized carbons (Fsp3) is 0.632. The van der Waals surface area contributed by atoms with Gasteiger partial charge in [-0.1, -0.05) is 12.1 Å². The molecular formula is C19H31IN4O2. The van der Waals surface area contributed by atoms with Gasteiger partial charge >= 0.3 is 0 Å². The van der Waals surface area contributed by atoms with E-state index in [4.69, 9.17) is 9.47 Å². The van der Waals surface area contributed by atoms with Crippen LogP contribution in [0.15, 0.2) is 23.2 Å². The summed E-state index contributed by atoms with van der Waals surface area (Å²) in [5.41, 5.74) is 2.31. The quantitative estimate of drug-likeness (QED) is 0.389. The van der Waals surface area contributed by atoms with Crippen molar-refractivity contribution in [1.82, 2.24) is 15.5 Å². The summed E-state index contributed by atoms with van der Waals surface area (Å²) in [4.78, 5) is 6.87. The number of fused-ring (bicyclic) bond motifs is 1. The summed E-state index contributed by atoms with van der Waals surface area (Å²) >= 11 is 0. The minimum atomic E-state index is 0. The van der Waals surface area contributed by atoms with Crippen molar-refractivity contribution in [2.45, 2.75) is 38.5 Å². The number of halogens is 1. The molecule has 2 unspecified atom stereocenters. The van der Waals surface area contributed by atoms with Crippen molar-refractivity contribution < 1.29 is 9.47 Å². The van der Waals surface area contributed by atoms with E-state index in [1.807, 2.05) is 0 Å². The summed E-state index contributed by atoms with van der Waals surface area (Å²) in [5.74, 6) is 1.69. The molecule has 0 spiro atoms. The number of benzene rings is 1. The molecule has 0 bridgehead atoms. The Bertz CT molecular complexity index is 611. The highest BCUT2D eigenvalue weighted by atomic mass is 127. The summed E-state index contributed by atoms with van der Waals surface area (Å²) < 4.78 is 11.5. The van der Waals surface area contributed by atoms with E-state index in [1.165, 1.54) is 24.9 Å². The first-order valence-corrected chi connectivity index (χ1v) is 9.13. The number of ether oxygens (including phenoxy) is 2. The van der Waals surface area contributed by atoms with E-state index in [1.54, 1.807) is 14.2 Å². The highest BCUT2D eigenvalue weighted by Crippen LogP contribution is 2.22. The minimum absolute atomic E-state index is 0. The molecule has 2 N–H and O–H groups in total. The van der Waals surface area contributed by atoms with Gasteiger partial charge in [0.1, 0.15) is 5.75 Å². The van der Waals surface area contributed by atoms with Crippen molar-refractivity contribution >= 4 is 29.9 Å². The third-order valence-electron chi connectivity index (χ3n) is 5.07. The van der Waals surface area contributed by atoms with Gasteiger partial charge in [-0.2, -0.15) is 0 Å². The number of morpholine rings is 1. The normalized spacial score (nSPS) is 23.1. The van der Waals surface area contributed by atoms with Crippen molar-refractivity contribution in [3.63, 3.8) is 0 Å². The van der Waals surface area contributed by atoms with E-state index in [0.29, 0.717) is 12.6 Å². The first-order valence-electron chi connectivity index (χ1n) is 9.13. The van der Waals surface area contributed by atoms with E-state index in [-0.39, 0.29) is 30.1 Å². The van der Waals surface area contributed by atoms with Gasteiger partial charge in [-0.25, -0.2) is 0 Å². The molecule has 2 aliphatic rings. The summed E-state index contributed by atoms with van der Waals surface area (Å²) in [6.07, 6.45) is 2.80. The average molecular weight is 474 g/mol. The zero-order valence-electron chi connectivity index (χ0n) is 16.0. The van der Waals surface area contributed by atoms with Crippen molar-refractivity contribution in [3.8, 4) is 5.75 Å². The Morgan fingerprint density at radius 1 is 1.38 bits per heavy atom. The van der Waals surface area contributed by atoms with E-state index >= 15 is 0 Å². The Hall–Kier alpha value is -1.06. The molecular weight excluding hydrogens is 443 g/mol. The monoisotopic (exact) mass is 474 g/mol. The van der Waals surface area contributed by atoms with Crippen LogP contribution in [0.4, 0.5) is 0 Å². The number of rotatable bonds is 5. The lowest BCUT2D eigenvalue weighted by atomic mass is 10.1. The molecule has 2 saturated heterocycles. The molecule has 2 fully saturated rings. The fourth-order valence-electron chi connectivity index (χ4n) is 3.62. The van der Waals surface area contributed by atoms with Crippen molar-refractivity contribution in [3.05, 3.63) is 29.3 Å². The maximum atomic E-state index is 5.99. The average Bonchev–Trinajstić information content (AvgIpc) is 3.10. The Morgan fingerprint density at radius 2 is 2.23 bits per heavy atom. The van der Waals surface area contributed by atoms with Crippen LogP contribution in [0, 0.1) is 6.92 Å². The number of nitrogens with one attached hydrogen (secondary N) is 2. The smallest absolute Gasteiger partial charge is 0.191 e. The summed E-state index contributed by atoms with van der Waals surface area (Å²) in [7, 11) is 3.50. The van der Waals surface area contributed by atoms with Crippen LogP contribution in [0.25, 0.3) is 0 Å². The topological polar surface area (TPSA) is 58.1 Å². The Balaban J connectivity index is 0.00000243. The molecule has 1 aromatic rings. The lowest BCUT2D eigenvalue weighted by molar-refractivity contribution is -0.0453. The van der Waals surface area contributed by atoms with Crippen LogP contribution in [0.3, 0.4) is 0 Å². The molecule has 7 heteroatoms. The molecule has 3 rings (SSSR count). The second-order valence-corrected chi connectivity index (χ2v) is 6.87. The molecule has 2 aliphatic heterocycles. The summed E-state index contributed by atoms with van der Waals surface area (Å²) in [5, 5.41) is 6.74. The summed E-state index contributed by atoms with van der Waals surface area (Å²) in [6.45, 7) is 6.59. The van der Waals surface area contributed by atoms with Gasteiger partial charge in [0.2, 0.25) is 0 Å². The molecule has 0 radical (unpaired) electrons. The van der Waals surface area contributed by atoms with Crippen molar-refractivity contribution in [2.75, 3.05) is 40.4 Å². The number of methoxy groups -OCH3 is 1. The molecule has 0 saturated carbocycles. The van der Waals surface area contributed by atoms with Gasteiger partial charge in [-0.3, -0.25) is 9.89 Å². The fourth-order valence-corrected chi connectivity index (χ4v) is 3.62.